The molecule has 0 saturated heterocycles. The van der Waals surface area contributed by atoms with Gasteiger partial charge in [0.15, 0.2) is 5.69 Å². The molecule has 1 amide bonds. The number of amides is 1. The van der Waals surface area contributed by atoms with Crippen LogP contribution in [0.2, 0.25) is 5.15 Å². The Balaban J connectivity index is 1.57. The van der Waals surface area contributed by atoms with E-state index >= 15 is 0 Å². The minimum atomic E-state index is -0.351. The summed E-state index contributed by atoms with van der Waals surface area (Å²) in [4.78, 5) is 37.4. The normalized spacial score (nSPS) is 13.6. The largest absolute Gasteiger partial charge is 0.377 e. The predicted molar refractivity (Wildman–Crippen MR) is 147 cm³/mol. The molecule has 0 aliphatic carbocycles. The number of aromatic nitrogens is 5. The number of carbonyl (C=O) groups excluding carboxylic acids is 1. The van der Waals surface area contributed by atoms with Crippen LogP contribution in [-0.4, -0.2) is 36.5 Å². The number of hydrogen-bond acceptors (Lipinski definition) is 8. The van der Waals surface area contributed by atoms with Gasteiger partial charge >= 0.3 is 0 Å². The minimum absolute atomic E-state index is 0.115. The zero-order valence-corrected chi connectivity index (χ0v) is 22.7. The Bertz CT molecular complexity index is 1570. The molecule has 0 spiro atoms. The van der Waals surface area contributed by atoms with Crippen LogP contribution >= 0.6 is 23.5 Å². The van der Waals surface area contributed by atoms with Crippen LogP contribution in [0.15, 0.2) is 35.3 Å². The fourth-order valence-corrected chi connectivity index (χ4v) is 5.19. The molecule has 192 valence electrons. The second-order valence-electron chi connectivity index (χ2n) is 9.19. The van der Waals surface area contributed by atoms with E-state index in [2.05, 4.69) is 25.0 Å². The lowest BCUT2D eigenvalue weighted by Gasteiger charge is -2.23. The van der Waals surface area contributed by atoms with Gasteiger partial charge in [-0.15, -0.1) is 0 Å². The lowest BCUT2D eigenvalue weighted by Crippen LogP contribution is -2.29. The zero-order chi connectivity index (χ0) is 26.4. The highest BCUT2D eigenvalue weighted by molar-refractivity contribution is 7.97. The third kappa shape index (κ3) is 4.64. The third-order valence-electron chi connectivity index (χ3n) is 6.42. The smallest absolute Gasteiger partial charge is 0.281 e. The van der Waals surface area contributed by atoms with Crippen molar-refractivity contribution in [1.29, 1.82) is 0 Å². The van der Waals surface area contributed by atoms with Gasteiger partial charge in [0.05, 0.1) is 34.9 Å². The average Bonchev–Trinajstić information content (AvgIpc) is 3.39. The van der Waals surface area contributed by atoms with Gasteiger partial charge in [0.2, 0.25) is 5.95 Å². The SMILES string of the molecule is CSNC(=O)c1nc(Cl)ccc1NC(C)c1cc(C)cc2c(=O)n(C)c(N3Cc4cn(C)nc4C3)nc12. The van der Waals surface area contributed by atoms with Crippen molar-refractivity contribution < 1.29 is 4.79 Å². The van der Waals surface area contributed by atoms with Crippen LogP contribution in [0.4, 0.5) is 11.6 Å². The molecular weight excluding hydrogens is 512 g/mol. The standard InChI is InChI=1S/C25H27ClN8O2S/c1-13-8-16(14(2)27-18-6-7-20(26)28-22(18)23(35)31-37-5)21-17(9-13)24(36)33(4)25(29-21)34-11-15-10-32(3)30-19(15)12-34/h6-10,14,27H,11-12H2,1-5H3,(H,31,35). The lowest BCUT2D eigenvalue weighted by atomic mass is 10.0. The fourth-order valence-electron chi connectivity index (χ4n) is 4.76. The average molecular weight is 539 g/mol. The number of nitrogens with zero attached hydrogens (tertiary/aromatic N) is 6. The maximum atomic E-state index is 13.5. The second-order valence-corrected chi connectivity index (χ2v) is 10.2. The first-order chi connectivity index (χ1) is 17.7. The van der Waals surface area contributed by atoms with Crippen LogP contribution < -0.4 is 20.5 Å². The van der Waals surface area contributed by atoms with Crippen LogP contribution in [0.5, 0.6) is 0 Å². The summed E-state index contributed by atoms with van der Waals surface area (Å²) in [6.07, 6.45) is 3.76. The summed E-state index contributed by atoms with van der Waals surface area (Å²) in [5, 5.41) is 8.68. The summed E-state index contributed by atoms with van der Waals surface area (Å²) in [6.45, 7) is 5.14. The van der Waals surface area contributed by atoms with E-state index in [1.54, 1.807) is 30.0 Å². The molecule has 0 bridgehead atoms. The van der Waals surface area contributed by atoms with Gasteiger partial charge in [-0.2, -0.15) is 5.10 Å². The molecule has 4 heterocycles. The molecular formula is C25H27ClN8O2S. The van der Waals surface area contributed by atoms with E-state index in [1.807, 2.05) is 43.9 Å². The van der Waals surface area contributed by atoms with Crippen LogP contribution in [0.1, 0.15) is 45.8 Å². The zero-order valence-electron chi connectivity index (χ0n) is 21.2. The van der Waals surface area contributed by atoms with Crippen molar-refractivity contribution in [2.24, 2.45) is 14.1 Å². The Morgan fingerprint density at radius 2 is 1.97 bits per heavy atom. The molecule has 2 N–H and O–H groups in total. The maximum absolute atomic E-state index is 13.5. The molecule has 4 aromatic rings. The number of rotatable bonds is 6. The van der Waals surface area contributed by atoms with Crippen LogP contribution in [0, 0.1) is 6.92 Å². The molecule has 1 atom stereocenters. The van der Waals surface area contributed by atoms with Crippen LogP contribution in [0.3, 0.4) is 0 Å². The summed E-state index contributed by atoms with van der Waals surface area (Å²) in [7, 11) is 3.65. The van der Waals surface area contributed by atoms with Crippen molar-refractivity contribution in [2.75, 3.05) is 16.5 Å². The summed E-state index contributed by atoms with van der Waals surface area (Å²) in [6, 6.07) is 6.95. The molecule has 12 heteroatoms. The summed E-state index contributed by atoms with van der Waals surface area (Å²) in [5.74, 6) is 0.235. The van der Waals surface area contributed by atoms with Gasteiger partial charge in [-0.1, -0.05) is 29.6 Å². The first-order valence-electron chi connectivity index (χ1n) is 11.7. The van der Waals surface area contributed by atoms with Crippen molar-refractivity contribution in [1.82, 2.24) is 29.0 Å². The van der Waals surface area contributed by atoms with E-state index in [0.29, 0.717) is 35.6 Å². The number of nitrogens with one attached hydrogen (secondary N) is 2. The number of fused-ring (bicyclic) bond motifs is 2. The van der Waals surface area contributed by atoms with Crippen molar-refractivity contribution in [3.63, 3.8) is 0 Å². The van der Waals surface area contributed by atoms with Crippen molar-refractivity contribution in [2.45, 2.75) is 33.0 Å². The molecule has 3 aromatic heterocycles. The molecule has 37 heavy (non-hydrogen) atoms. The first kappa shape index (κ1) is 25.1. The number of carbonyl (C=O) groups is 1. The minimum Gasteiger partial charge on any atom is -0.377 e. The highest BCUT2D eigenvalue weighted by Gasteiger charge is 2.27. The van der Waals surface area contributed by atoms with Gasteiger partial charge in [-0.25, -0.2) is 9.97 Å². The fraction of sp³-hybridized carbons (Fsp3) is 0.320. The van der Waals surface area contributed by atoms with Crippen molar-refractivity contribution in [3.05, 3.63) is 74.0 Å². The van der Waals surface area contributed by atoms with Gasteiger partial charge < -0.3 is 10.2 Å². The topological polar surface area (TPSA) is 110 Å². The third-order valence-corrected chi connectivity index (χ3v) is 7.02. The summed E-state index contributed by atoms with van der Waals surface area (Å²) in [5.41, 5.74) is 5.12. The molecule has 1 aliphatic heterocycles. The molecule has 10 nitrogen and oxygen atoms in total. The van der Waals surface area contributed by atoms with E-state index in [1.165, 1.54) is 11.9 Å². The molecule has 5 rings (SSSR count). The van der Waals surface area contributed by atoms with Gasteiger partial charge in [0, 0.05) is 44.2 Å². The van der Waals surface area contributed by atoms with E-state index in [-0.39, 0.29) is 28.4 Å². The Hall–Kier alpha value is -3.57. The summed E-state index contributed by atoms with van der Waals surface area (Å²) < 4.78 is 6.10. The van der Waals surface area contributed by atoms with Gasteiger partial charge in [-0.05, 0) is 37.6 Å². The van der Waals surface area contributed by atoms with Gasteiger partial charge in [-0.3, -0.25) is 23.6 Å². The molecule has 0 saturated carbocycles. The van der Waals surface area contributed by atoms with Crippen LogP contribution in [-0.2, 0) is 27.2 Å². The van der Waals surface area contributed by atoms with Gasteiger partial charge in [0.1, 0.15) is 5.15 Å². The number of anilines is 2. The lowest BCUT2D eigenvalue weighted by molar-refractivity contribution is 0.0980. The van der Waals surface area contributed by atoms with E-state index in [0.717, 1.165) is 22.4 Å². The van der Waals surface area contributed by atoms with Crippen LogP contribution in [0.25, 0.3) is 10.9 Å². The first-order valence-corrected chi connectivity index (χ1v) is 13.3. The quantitative estimate of drug-likeness (QED) is 0.282. The molecule has 0 fully saturated rings. The Labute approximate surface area is 223 Å². The van der Waals surface area contributed by atoms with Crippen molar-refractivity contribution >= 4 is 52.0 Å². The number of pyridine rings is 1. The van der Waals surface area contributed by atoms with E-state index in [4.69, 9.17) is 16.6 Å². The molecule has 1 aliphatic rings. The highest BCUT2D eigenvalue weighted by Crippen LogP contribution is 2.31. The predicted octanol–water partition coefficient (Wildman–Crippen LogP) is 3.72. The Kier molecular flexibility index (Phi) is 6.59. The van der Waals surface area contributed by atoms with Crippen molar-refractivity contribution in [3.8, 4) is 0 Å². The second kappa shape index (κ2) is 9.71. The van der Waals surface area contributed by atoms with E-state index < -0.39 is 0 Å². The number of hydrogen-bond donors (Lipinski definition) is 2. The molecule has 1 aromatic carbocycles. The highest BCUT2D eigenvalue weighted by atomic mass is 35.5. The Morgan fingerprint density at radius 1 is 1.19 bits per heavy atom. The van der Waals surface area contributed by atoms with E-state index in [9.17, 15) is 9.59 Å². The number of aryl methyl sites for hydroxylation is 2. The number of benzene rings is 1. The molecule has 0 radical (unpaired) electrons. The monoisotopic (exact) mass is 538 g/mol. The maximum Gasteiger partial charge on any atom is 0.281 e. The van der Waals surface area contributed by atoms with Gasteiger partial charge in [0.25, 0.3) is 11.5 Å². The number of halogens is 1. The Morgan fingerprint density at radius 3 is 2.70 bits per heavy atom. The molecule has 1 unspecified atom stereocenters. The summed E-state index contributed by atoms with van der Waals surface area (Å²) >= 11 is 7.26.